The normalized spacial score (nSPS) is 15.6. The highest BCUT2D eigenvalue weighted by atomic mass is 35.5. The van der Waals surface area contributed by atoms with Gasteiger partial charge in [-0.05, 0) is 23.6 Å². The van der Waals surface area contributed by atoms with Crippen LogP contribution in [0, 0.1) is 0 Å². The number of hydrogen-bond acceptors (Lipinski definition) is 7. The van der Waals surface area contributed by atoms with Gasteiger partial charge in [-0.2, -0.15) is 4.31 Å². The van der Waals surface area contributed by atoms with Crippen molar-refractivity contribution in [1.82, 2.24) is 19.1 Å². The summed E-state index contributed by atoms with van der Waals surface area (Å²) >= 11 is 8.44. The Balaban J connectivity index is 1.46. The molecule has 3 heterocycles. The molecule has 0 unspecified atom stereocenters. The summed E-state index contributed by atoms with van der Waals surface area (Å²) < 4.78 is 28.3. The summed E-state index contributed by atoms with van der Waals surface area (Å²) in [4.78, 5) is 32.0. The van der Waals surface area contributed by atoms with Gasteiger partial charge in [-0.15, -0.1) is 22.7 Å². The average Bonchev–Trinajstić information content (AvgIpc) is 3.35. The second-order valence-corrected chi connectivity index (χ2v) is 11.9. The van der Waals surface area contributed by atoms with Gasteiger partial charge in [-0.1, -0.05) is 17.7 Å². The van der Waals surface area contributed by atoms with Crippen molar-refractivity contribution in [2.75, 3.05) is 33.7 Å². The zero-order chi connectivity index (χ0) is 22.3. The molecule has 0 atom stereocenters. The number of piperazine rings is 1. The predicted molar refractivity (Wildman–Crippen MR) is 121 cm³/mol. The molecule has 164 valence electrons. The first-order chi connectivity index (χ1) is 14.6. The first-order valence-corrected chi connectivity index (χ1v) is 12.8. The minimum atomic E-state index is -3.78. The van der Waals surface area contributed by atoms with Crippen molar-refractivity contribution in [1.29, 1.82) is 0 Å². The van der Waals surface area contributed by atoms with E-state index in [0.717, 1.165) is 21.4 Å². The van der Waals surface area contributed by atoms with Gasteiger partial charge in [0.15, 0.2) is 0 Å². The van der Waals surface area contributed by atoms with Crippen LogP contribution in [0.4, 0.5) is 0 Å². The first kappa shape index (κ1) is 22.2. The molecular formula is C19H19ClN4O4S3. The summed E-state index contributed by atoms with van der Waals surface area (Å²) in [7, 11) is -0.487. The summed E-state index contributed by atoms with van der Waals surface area (Å²) in [6.45, 7) is 0.467. The number of thiophene rings is 1. The number of aromatic nitrogens is 1. The number of carbonyl (C=O) groups excluding carboxylic acids is 2. The molecule has 8 nitrogen and oxygen atoms in total. The topological polar surface area (TPSA) is 90.9 Å². The molecule has 12 heteroatoms. The third-order valence-electron chi connectivity index (χ3n) is 4.84. The minimum absolute atomic E-state index is 0.192. The molecule has 0 radical (unpaired) electrons. The van der Waals surface area contributed by atoms with Crippen molar-refractivity contribution in [3.8, 4) is 0 Å². The van der Waals surface area contributed by atoms with Crippen LogP contribution in [0.5, 0.6) is 0 Å². The zero-order valence-electron chi connectivity index (χ0n) is 16.7. The van der Waals surface area contributed by atoms with Crippen LogP contribution in [0.25, 0.3) is 10.1 Å². The third kappa shape index (κ3) is 4.46. The largest absolute Gasteiger partial charge is 0.343 e. The van der Waals surface area contributed by atoms with Crippen molar-refractivity contribution in [2.45, 2.75) is 10.8 Å². The lowest BCUT2D eigenvalue weighted by Crippen LogP contribution is -2.51. The van der Waals surface area contributed by atoms with Gasteiger partial charge in [-0.3, -0.25) is 9.59 Å². The number of sulfonamides is 1. The van der Waals surface area contributed by atoms with Crippen LogP contribution in [0.1, 0.15) is 15.5 Å². The summed E-state index contributed by atoms with van der Waals surface area (Å²) in [5.41, 5.74) is 0.337. The summed E-state index contributed by atoms with van der Waals surface area (Å²) in [6, 6.07) is 6.83. The van der Waals surface area contributed by atoms with Crippen LogP contribution in [0.15, 0.2) is 33.9 Å². The summed E-state index contributed by atoms with van der Waals surface area (Å²) in [6.07, 6.45) is 0. The maximum atomic E-state index is 13.1. The predicted octanol–water partition coefficient (Wildman–Crippen LogP) is 2.75. The Kier molecular flexibility index (Phi) is 6.05. The monoisotopic (exact) mass is 498 g/mol. The number of rotatable bonds is 5. The number of nitrogens with zero attached hydrogens (tertiary/aromatic N) is 4. The standard InChI is InChI=1S/C19H19ClN4O4S3/c1-22(2)19(26)14-11-29-16(21-14)9-23-5-6-24(10-17(23)25)31(27,28)18-7-12-3-4-13(20)8-15(12)30-18/h3-4,7-8,11H,5-6,9-10H2,1-2H3. The Morgan fingerprint density at radius 2 is 2.03 bits per heavy atom. The average molecular weight is 499 g/mol. The second-order valence-electron chi connectivity index (χ2n) is 7.23. The molecule has 0 bridgehead atoms. The molecule has 2 aromatic heterocycles. The quantitative estimate of drug-likeness (QED) is 0.539. The molecule has 4 rings (SSSR count). The van der Waals surface area contributed by atoms with E-state index < -0.39 is 10.0 Å². The van der Waals surface area contributed by atoms with Gasteiger partial charge in [0.25, 0.3) is 15.9 Å². The highest BCUT2D eigenvalue weighted by molar-refractivity contribution is 7.91. The van der Waals surface area contributed by atoms with Crippen molar-refractivity contribution in [3.05, 3.63) is 45.4 Å². The maximum absolute atomic E-state index is 13.1. The summed E-state index contributed by atoms with van der Waals surface area (Å²) in [5.74, 6) is -0.496. The Labute approximate surface area is 192 Å². The Hall–Kier alpha value is -2.05. The summed E-state index contributed by atoms with van der Waals surface area (Å²) in [5, 5.41) is 3.64. The number of fused-ring (bicyclic) bond motifs is 1. The lowest BCUT2D eigenvalue weighted by molar-refractivity contribution is -0.134. The lowest BCUT2D eigenvalue weighted by atomic mass is 10.3. The Morgan fingerprint density at radius 3 is 2.74 bits per heavy atom. The van der Waals surface area contributed by atoms with E-state index in [0.29, 0.717) is 15.7 Å². The maximum Gasteiger partial charge on any atom is 0.272 e. The minimum Gasteiger partial charge on any atom is -0.343 e. The van der Waals surface area contributed by atoms with E-state index in [1.54, 1.807) is 48.6 Å². The van der Waals surface area contributed by atoms with E-state index in [2.05, 4.69) is 4.98 Å². The SMILES string of the molecule is CN(C)C(=O)c1csc(CN2CCN(S(=O)(=O)c3cc4ccc(Cl)cc4s3)CC2=O)n1. The molecule has 0 saturated carbocycles. The number of benzene rings is 1. The van der Waals surface area contributed by atoms with Gasteiger partial charge in [0.2, 0.25) is 5.91 Å². The van der Waals surface area contributed by atoms with Crippen LogP contribution in [0.3, 0.4) is 0 Å². The van der Waals surface area contributed by atoms with E-state index in [1.165, 1.54) is 20.5 Å². The molecule has 2 amide bonds. The highest BCUT2D eigenvalue weighted by Gasteiger charge is 2.34. The Morgan fingerprint density at radius 1 is 1.26 bits per heavy atom. The molecule has 31 heavy (non-hydrogen) atoms. The Bertz CT molecular complexity index is 1270. The number of halogens is 1. The first-order valence-electron chi connectivity index (χ1n) is 9.28. The molecule has 1 aromatic carbocycles. The smallest absolute Gasteiger partial charge is 0.272 e. The fraction of sp³-hybridized carbons (Fsp3) is 0.316. The van der Waals surface area contributed by atoms with Crippen LogP contribution < -0.4 is 0 Å². The lowest BCUT2D eigenvalue weighted by Gasteiger charge is -2.32. The van der Waals surface area contributed by atoms with Crippen LogP contribution in [-0.2, 0) is 21.4 Å². The van der Waals surface area contributed by atoms with E-state index >= 15 is 0 Å². The van der Waals surface area contributed by atoms with Gasteiger partial charge >= 0.3 is 0 Å². The van der Waals surface area contributed by atoms with Gasteiger partial charge in [0.05, 0.1) is 13.1 Å². The molecule has 1 aliphatic heterocycles. The van der Waals surface area contributed by atoms with Crippen molar-refractivity contribution in [2.24, 2.45) is 0 Å². The molecule has 1 aliphatic rings. The van der Waals surface area contributed by atoms with Gasteiger partial charge < -0.3 is 9.80 Å². The number of thiazole rings is 1. The number of hydrogen-bond donors (Lipinski definition) is 0. The van der Waals surface area contributed by atoms with E-state index in [4.69, 9.17) is 11.6 Å². The van der Waals surface area contributed by atoms with E-state index in [1.807, 2.05) is 0 Å². The molecule has 0 N–H and O–H groups in total. The van der Waals surface area contributed by atoms with Gasteiger partial charge in [0.1, 0.15) is 14.9 Å². The van der Waals surface area contributed by atoms with Gasteiger partial charge in [-0.25, -0.2) is 13.4 Å². The second kappa shape index (κ2) is 8.47. The van der Waals surface area contributed by atoms with E-state index in [9.17, 15) is 18.0 Å². The fourth-order valence-electron chi connectivity index (χ4n) is 3.17. The fourth-order valence-corrected chi connectivity index (χ4v) is 7.16. The molecular weight excluding hydrogens is 480 g/mol. The number of carbonyl (C=O) groups is 2. The van der Waals surface area contributed by atoms with Crippen LogP contribution >= 0.6 is 34.3 Å². The van der Waals surface area contributed by atoms with E-state index in [-0.39, 0.29) is 42.2 Å². The third-order valence-corrected chi connectivity index (χ3v) is 9.30. The van der Waals surface area contributed by atoms with Crippen LogP contribution in [-0.4, -0.2) is 73.1 Å². The number of amides is 2. The van der Waals surface area contributed by atoms with Crippen molar-refractivity contribution < 1.29 is 18.0 Å². The van der Waals surface area contributed by atoms with Crippen molar-refractivity contribution >= 4 is 66.2 Å². The highest BCUT2D eigenvalue weighted by Crippen LogP contribution is 2.33. The van der Waals surface area contributed by atoms with Crippen molar-refractivity contribution in [3.63, 3.8) is 0 Å². The molecule has 1 saturated heterocycles. The zero-order valence-corrected chi connectivity index (χ0v) is 19.9. The molecule has 3 aromatic rings. The molecule has 0 spiro atoms. The molecule has 1 fully saturated rings. The van der Waals surface area contributed by atoms with Crippen LogP contribution in [0.2, 0.25) is 5.02 Å². The molecule has 0 aliphatic carbocycles. The van der Waals surface area contributed by atoms with Gasteiger partial charge in [0, 0.05) is 42.3 Å².